The van der Waals surface area contributed by atoms with Crippen LogP contribution >= 0.6 is 11.3 Å². The summed E-state index contributed by atoms with van der Waals surface area (Å²) in [7, 11) is 1.73. The molecule has 0 aliphatic carbocycles. The van der Waals surface area contributed by atoms with E-state index in [0.717, 1.165) is 35.8 Å². The Labute approximate surface area is 161 Å². The van der Waals surface area contributed by atoms with Crippen molar-refractivity contribution in [1.29, 1.82) is 0 Å². The fourth-order valence-electron chi connectivity index (χ4n) is 3.66. The summed E-state index contributed by atoms with van der Waals surface area (Å²) in [5, 5.41) is 0.821. The third-order valence-electron chi connectivity index (χ3n) is 5.12. The van der Waals surface area contributed by atoms with Gasteiger partial charge in [0, 0.05) is 20.0 Å². The molecule has 4 rings (SSSR count). The Hall–Kier alpha value is -2.54. The van der Waals surface area contributed by atoms with Gasteiger partial charge in [0.15, 0.2) is 10.3 Å². The maximum atomic E-state index is 12.9. The third-order valence-corrected chi connectivity index (χ3v) is 6.17. The van der Waals surface area contributed by atoms with Crippen molar-refractivity contribution in [1.82, 2.24) is 19.4 Å². The lowest BCUT2D eigenvalue weighted by Gasteiger charge is -2.23. The Morgan fingerprint density at radius 3 is 2.78 bits per heavy atom. The van der Waals surface area contributed by atoms with Crippen molar-refractivity contribution in [3.8, 4) is 0 Å². The molecule has 3 aromatic rings. The molecule has 1 aromatic carbocycles. The van der Waals surface area contributed by atoms with Crippen LogP contribution in [0.5, 0.6) is 0 Å². The molecule has 0 bridgehead atoms. The molecule has 1 fully saturated rings. The summed E-state index contributed by atoms with van der Waals surface area (Å²) in [5.74, 6) is 0.865. The van der Waals surface area contributed by atoms with E-state index in [1.165, 1.54) is 11.3 Å². The first-order valence-corrected chi connectivity index (χ1v) is 10.1. The molecule has 0 N–H and O–H groups in total. The number of amides is 1. The van der Waals surface area contributed by atoms with Crippen molar-refractivity contribution in [2.75, 3.05) is 6.54 Å². The van der Waals surface area contributed by atoms with E-state index in [1.807, 2.05) is 42.2 Å². The fourth-order valence-corrected chi connectivity index (χ4v) is 4.76. The molecule has 1 saturated heterocycles. The maximum absolute atomic E-state index is 12.9. The van der Waals surface area contributed by atoms with Gasteiger partial charge in [-0.3, -0.25) is 14.2 Å². The van der Waals surface area contributed by atoms with Crippen LogP contribution < -0.4 is 5.56 Å². The van der Waals surface area contributed by atoms with Crippen molar-refractivity contribution >= 4 is 27.6 Å². The van der Waals surface area contributed by atoms with Gasteiger partial charge in [0.1, 0.15) is 10.8 Å². The molecule has 1 aliphatic heterocycles. The molecule has 0 unspecified atom stereocenters. The molecule has 27 heavy (non-hydrogen) atoms. The molecule has 1 atom stereocenters. The predicted molar refractivity (Wildman–Crippen MR) is 106 cm³/mol. The number of aryl methyl sites for hydroxylation is 1. The SMILES string of the molecule is CCc1nc2sc([C@H]3CCCN3C(=O)Cc3ccccc3)nc2c(=O)n1C. The molecule has 3 heterocycles. The quantitative estimate of drug-likeness (QED) is 0.696. The minimum Gasteiger partial charge on any atom is -0.333 e. The molecule has 140 valence electrons. The van der Waals surface area contributed by atoms with Gasteiger partial charge < -0.3 is 4.90 Å². The van der Waals surface area contributed by atoms with Crippen molar-refractivity contribution in [3.63, 3.8) is 0 Å². The van der Waals surface area contributed by atoms with Crippen LogP contribution in [0.2, 0.25) is 0 Å². The average molecular weight is 382 g/mol. The van der Waals surface area contributed by atoms with Crippen molar-refractivity contribution in [3.05, 3.63) is 57.1 Å². The molecule has 6 nitrogen and oxygen atoms in total. The third kappa shape index (κ3) is 3.27. The van der Waals surface area contributed by atoms with E-state index >= 15 is 0 Å². The van der Waals surface area contributed by atoms with Crippen molar-refractivity contribution < 1.29 is 4.79 Å². The monoisotopic (exact) mass is 382 g/mol. The van der Waals surface area contributed by atoms with Crippen molar-refractivity contribution in [2.45, 2.75) is 38.6 Å². The van der Waals surface area contributed by atoms with E-state index in [4.69, 9.17) is 0 Å². The van der Waals surface area contributed by atoms with Crippen LogP contribution in [0, 0.1) is 0 Å². The number of hydrogen-bond donors (Lipinski definition) is 0. The van der Waals surface area contributed by atoms with Gasteiger partial charge in [-0.15, -0.1) is 0 Å². The second kappa shape index (κ2) is 7.23. The highest BCUT2D eigenvalue weighted by Crippen LogP contribution is 2.35. The fraction of sp³-hybridized carbons (Fsp3) is 0.400. The van der Waals surface area contributed by atoms with E-state index in [1.54, 1.807) is 11.6 Å². The Morgan fingerprint density at radius 2 is 2.04 bits per heavy atom. The second-order valence-electron chi connectivity index (χ2n) is 6.86. The Morgan fingerprint density at radius 1 is 1.26 bits per heavy atom. The summed E-state index contributed by atoms with van der Waals surface area (Å²) in [4.78, 5) is 37.2. The Balaban J connectivity index is 1.65. The van der Waals surface area contributed by atoms with Crippen LogP contribution in [-0.4, -0.2) is 31.9 Å². The first-order valence-electron chi connectivity index (χ1n) is 9.28. The second-order valence-corrected chi connectivity index (χ2v) is 7.87. The molecule has 1 amide bonds. The zero-order chi connectivity index (χ0) is 19.0. The number of benzene rings is 1. The van der Waals surface area contributed by atoms with Gasteiger partial charge in [-0.05, 0) is 18.4 Å². The van der Waals surface area contributed by atoms with Gasteiger partial charge in [0.2, 0.25) is 5.91 Å². The highest BCUT2D eigenvalue weighted by molar-refractivity contribution is 7.18. The summed E-state index contributed by atoms with van der Waals surface area (Å²) < 4.78 is 1.57. The number of thiazole rings is 1. The zero-order valence-corrected chi connectivity index (χ0v) is 16.3. The van der Waals surface area contributed by atoms with Crippen LogP contribution in [0.15, 0.2) is 35.1 Å². The first kappa shape index (κ1) is 17.9. The summed E-state index contributed by atoms with van der Waals surface area (Å²) in [6.45, 7) is 2.72. The van der Waals surface area contributed by atoms with E-state index in [2.05, 4.69) is 9.97 Å². The summed E-state index contributed by atoms with van der Waals surface area (Å²) >= 11 is 1.44. The number of rotatable bonds is 4. The molecular weight excluding hydrogens is 360 g/mol. The first-order chi connectivity index (χ1) is 13.1. The maximum Gasteiger partial charge on any atom is 0.280 e. The van der Waals surface area contributed by atoms with E-state index < -0.39 is 0 Å². The Bertz CT molecular complexity index is 1040. The molecule has 0 spiro atoms. The minimum atomic E-state index is -0.112. The van der Waals surface area contributed by atoms with Crippen LogP contribution in [-0.2, 0) is 24.7 Å². The minimum absolute atomic E-state index is 0.0600. The lowest BCUT2D eigenvalue weighted by Crippen LogP contribution is -2.31. The van der Waals surface area contributed by atoms with E-state index in [0.29, 0.717) is 23.2 Å². The number of aromatic nitrogens is 3. The lowest BCUT2D eigenvalue weighted by atomic mass is 10.1. The number of likely N-dealkylation sites (tertiary alicyclic amines) is 1. The van der Waals surface area contributed by atoms with Crippen LogP contribution in [0.4, 0.5) is 0 Å². The molecule has 2 aromatic heterocycles. The molecule has 1 aliphatic rings. The summed E-state index contributed by atoms with van der Waals surface area (Å²) in [6, 6.07) is 9.73. The average Bonchev–Trinajstić information content (AvgIpc) is 3.32. The van der Waals surface area contributed by atoms with Gasteiger partial charge in [0.05, 0.1) is 12.5 Å². The zero-order valence-electron chi connectivity index (χ0n) is 15.5. The van der Waals surface area contributed by atoms with Crippen LogP contribution in [0.1, 0.15) is 42.2 Å². The molecule has 0 saturated carbocycles. The highest BCUT2D eigenvalue weighted by atomic mass is 32.1. The number of hydrogen-bond acceptors (Lipinski definition) is 5. The van der Waals surface area contributed by atoms with Gasteiger partial charge in [-0.1, -0.05) is 48.6 Å². The smallest absolute Gasteiger partial charge is 0.280 e. The lowest BCUT2D eigenvalue weighted by molar-refractivity contribution is -0.131. The van der Waals surface area contributed by atoms with Gasteiger partial charge in [-0.25, -0.2) is 9.97 Å². The normalized spacial score (nSPS) is 17.0. The van der Waals surface area contributed by atoms with Gasteiger partial charge in [-0.2, -0.15) is 0 Å². The van der Waals surface area contributed by atoms with Gasteiger partial charge in [0.25, 0.3) is 5.56 Å². The standard InChI is InChI=1S/C20H22N4O2S/c1-3-15-21-19-17(20(26)23(15)2)22-18(27-19)14-10-7-11-24(14)16(25)12-13-8-5-4-6-9-13/h4-6,8-9,14H,3,7,10-12H2,1-2H3/t14-/m1/s1. The number of carbonyl (C=O) groups excluding carboxylic acids is 1. The summed E-state index contributed by atoms with van der Waals surface area (Å²) in [6.07, 6.45) is 2.91. The predicted octanol–water partition coefficient (Wildman–Crippen LogP) is 2.86. The van der Waals surface area contributed by atoms with Crippen molar-refractivity contribution in [2.24, 2.45) is 7.05 Å². The molecular formula is C20H22N4O2S. The highest BCUT2D eigenvalue weighted by Gasteiger charge is 2.32. The van der Waals surface area contributed by atoms with Crippen LogP contribution in [0.3, 0.4) is 0 Å². The number of carbonyl (C=O) groups is 1. The van der Waals surface area contributed by atoms with E-state index in [9.17, 15) is 9.59 Å². The molecule has 7 heteroatoms. The number of nitrogens with zero attached hydrogens (tertiary/aromatic N) is 4. The topological polar surface area (TPSA) is 68.1 Å². The molecule has 0 radical (unpaired) electrons. The largest absolute Gasteiger partial charge is 0.333 e. The summed E-state index contributed by atoms with van der Waals surface area (Å²) in [5.41, 5.74) is 1.32. The number of fused-ring (bicyclic) bond motifs is 1. The van der Waals surface area contributed by atoms with Crippen LogP contribution in [0.25, 0.3) is 10.3 Å². The Kier molecular flexibility index (Phi) is 4.78. The van der Waals surface area contributed by atoms with E-state index in [-0.39, 0.29) is 17.5 Å². The van der Waals surface area contributed by atoms with Gasteiger partial charge >= 0.3 is 0 Å².